The molecule has 3 aromatic rings. The molecule has 108 valence electrons. The van der Waals surface area contributed by atoms with E-state index in [1.807, 2.05) is 24.3 Å². The van der Waals surface area contributed by atoms with Crippen molar-refractivity contribution in [1.82, 2.24) is 0 Å². The number of halogens is 3. The van der Waals surface area contributed by atoms with Crippen LogP contribution in [0.5, 0.6) is 0 Å². The van der Waals surface area contributed by atoms with Gasteiger partial charge in [0.15, 0.2) is 0 Å². The molecule has 0 fully saturated rings. The Kier molecular flexibility index (Phi) is 3.47. The summed E-state index contributed by atoms with van der Waals surface area (Å²) < 4.78 is 39.4. The van der Waals surface area contributed by atoms with E-state index in [1.54, 1.807) is 6.07 Å². The molecular formula is C16H12F3NS. The Morgan fingerprint density at radius 2 is 1.81 bits per heavy atom. The van der Waals surface area contributed by atoms with Crippen LogP contribution in [0.4, 0.5) is 13.2 Å². The lowest BCUT2D eigenvalue weighted by Gasteiger charge is -2.07. The summed E-state index contributed by atoms with van der Waals surface area (Å²) in [5.41, 5.74) is 6.57. The van der Waals surface area contributed by atoms with Crippen molar-refractivity contribution in [3.63, 3.8) is 0 Å². The Morgan fingerprint density at radius 1 is 1.00 bits per heavy atom. The molecule has 0 bridgehead atoms. The van der Waals surface area contributed by atoms with Crippen molar-refractivity contribution in [2.24, 2.45) is 5.73 Å². The van der Waals surface area contributed by atoms with E-state index in [1.165, 1.54) is 23.5 Å². The zero-order valence-electron chi connectivity index (χ0n) is 10.9. The van der Waals surface area contributed by atoms with E-state index in [4.69, 9.17) is 5.73 Å². The third kappa shape index (κ3) is 2.80. The predicted octanol–water partition coefficient (Wildman–Crippen LogP) is 5.05. The third-order valence-electron chi connectivity index (χ3n) is 3.29. The summed E-state index contributed by atoms with van der Waals surface area (Å²) in [5.74, 6) is 0. The Bertz CT molecular complexity index is 790. The minimum atomic E-state index is -4.32. The van der Waals surface area contributed by atoms with Crippen molar-refractivity contribution in [2.45, 2.75) is 12.7 Å². The summed E-state index contributed by atoms with van der Waals surface area (Å²) in [6, 6.07) is 13.2. The van der Waals surface area contributed by atoms with E-state index in [9.17, 15) is 13.2 Å². The Balaban J connectivity index is 2.08. The van der Waals surface area contributed by atoms with Gasteiger partial charge in [-0.25, -0.2) is 0 Å². The highest BCUT2D eigenvalue weighted by Gasteiger charge is 2.30. The third-order valence-corrected chi connectivity index (χ3v) is 4.46. The van der Waals surface area contributed by atoms with Crippen LogP contribution in [-0.2, 0) is 12.7 Å². The van der Waals surface area contributed by atoms with Gasteiger partial charge in [-0.1, -0.05) is 18.2 Å². The Labute approximate surface area is 123 Å². The van der Waals surface area contributed by atoms with Gasteiger partial charge in [-0.2, -0.15) is 13.2 Å². The van der Waals surface area contributed by atoms with E-state index in [0.29, 0.717) is 12.1 Å². The quantitative estimate of drug-likeness (QED) is 0.704. The average Bonchev–Trinajstić information content (AvgIpc) is 2.89. The van der Waals surface area contributed by atoms with Crippen LogP contribution < -0.4 is 5.73 Å². The molecule has 1 nitrogen and oxygen atoms in total. The number of rotatable bonds is 2. The Hall–Kier alpha value is -1.85. The van der Waals surface area contributed by atoms with E-state index in [2.05, 4.69) is 0 Å². The highest BCUT2D eigenvalue weighted by Crippen LogP contribution is 2.37. The van der Waals surface area contributed by atoms with Crippen LogP contribution in [0.2, 0.25) is 0 Å². The van der Waals surface area contributed by atoms with Gasteiger partial charge in [0.25, 0.3) is 0 Å². The zero-order chi connectivity index (χ0) is 15.0. The van der Waals surface area contributed by atoms with E-state index >= 15 is 0 Å². The van der Waals surface area contributed by atoms with Gasteiger partial charge in [0.2, 0.25) is 0 Å². The largest absolute Gasteiger partial charge is 0.416 e. The number of hydrogen-bond donors (Lipinski definition) is 1. The van der Waals surface area contributed by atoms with Crippen LogP contribution in [0, 0.1) is 0 Å². The fraction of sp³-hybridized carbons (Fsp3) is 0.125. The smallest absolute Gasteiger partial charge is 0.326 e. The molecule has 0 radical (unpaired) electrons. The van der Waals surface area contributed by atoms with Gasteiger partial charge >= 0.3 is 6.18 Å². The number of fused-ring (bicyclic) bond motifs is 1. The van der Waals surface area contributed by atoms with Crippen LogP contribution >= 0.6 is 11.3 Å². The van der Waals surface area contributed by atoms with Gasteiger partial charge in [-0.3, -0.25) is 0 Å². The van der Waals surface area contributed by atoms with Crippen LogP contribution in [0.1, 0.15) is 11.1 Å². The van der Waals surface area contributed by atoms with Crippen LogP contribution in [0.25, 0.3) is 20.5 Å². The summed E-state index contributed by atoms with van der Waals surface area (Å²) in [7, 11) is 0. The molecule has 0 aliphatic heterocycles. The van der Waals surface area contributed by atoms with Crippen molar-refractivity contribution in [3.8, 4) is 10.4 Å². The molecule has 21 heavy (non-hydrogen) atoms. The normalized spacial score (nSPS) is 12.0. The molecular weight excluding hydrogens is 295 g/mol. The summed E-state index contributed by atoms with van der Waals surface area (Å²) >= 11 is 1.48. The molecule has 0 saturated heterocycles. The fourth-order valence-corrected chi connectivity index (χ4v) is 3.25. The van der Waals surface area contributed by atoms with Gasteiger partial charge in [-0.15, -0.1) is 11.3 Å². The van der Waals surface area contributed by atoms with Crippen molar-refractivity contribution in [1.29, 1.82) is 0 Å². The maximum Gasteiger partial charge on any atom is 0.416 e. The lowest BCUT2D eigenvalue weighted by atomic mass is 10.1. The minimum absolute atomic E-state index is 0.449. The van der Waals surface area contributed by atoms with Gasteiger partial charge < -0.3 is 5.73 Å². The van der Waals surface area contributed by atoms with Crippen LogP contribution in [-0.4, -0.2) is 0 Å². The second-order valence-corrected chi connectivity index (χ2v) is 5.85. The molecule has 1 aromatic heterocycles. The van der Waals surface area contributed by atoms with Crippen molar-refractivity contribution in [2.75, 3.05) is 0 Å². The minimum Gasteiger partial charge on any atom is -0.326 e. The number of thiophene rings is 1. The van der Waals surface area contributed by atoms with Gasteiger partial charge in [-0.05, 0) is 46.8 Å². The maximum atomic E-state index is 12.8. The number of hydrogen-bond acceptors (Lipinski definition) is 2. The Morgan fingerprint density at radius 3 is 2.52 bits per heavy atom. The number of alkyl halides is 3. The molecule has 2 N–H and O–H groups in total. The van der Waals surface area contributed by atoms with Gasteiger partial charge in [0.05, 0.1) is 5.56 Å². The van der Waals surface area contributed by atoms with Crippen molar-refractivity contribution in [3.05, 3.63) is 59.7 Å². The topological polar surface area (TPSA) is 26.0 Å². The lowest BCUT2D eigenvalue weighted by Crippen LogP contribution is -2.04. The van der Waals surface area contributed by atoms with Crippen molar-refractivity contribution < 1.29 is 13.2 Å². The SMILES string of the molecule is NCc1ccc2sc(-c3cccc(C(F)(F)F)c3)cc2c1. The van der Waals surface area contributed by atoms with E-state index in [0.717, 1.165) is 26.6 Å². The van der Waals surface area contributed by atoms with Crippen molar-refractivity contribution >= 4 is 21.4 Å². The second kappa shape index (κ2) is 5.16. The molecule has 0 atom stereocenters. The summed E-state index contributed by atoms with van der Waals surface area (Å²) in [6.45, 7) is 0.449. The molecule has 0 aliphatic carbocycles. The predicted molar refractivity (Wildman–Crippen MR) is 80.2 cm³/mol. The first-order chi connectivity index (χ1) is 9.97. The molecule has 0 aliphatic rings. The number of nitrogens with two attached hydrogens (primary N) is 1. The second-order valence-electron chi connectivity index (χ2n) is 4.77. The highest BCUT2D eigenvalue weighted by molar-refractivity contribution is 7.22. The molecule has 0 amide bonds. The maximum absolute atomic E-state index is 12.8. The molecule has 3 rings (SSSR count). The molecule has 1 heterocycles. The van der Waals surface area contributed by atoms with Gasteiger partial charge in [0, 0.05) is 16.1 Å². The molecule has 0 unspecified atom stereocenters. The fourth-order valence-electron chi connectivity index (χ4n) is 2.21. The van der Waals surface area contributed by atoms with Crippen LogP contribution in [0.15, 0.2) is 48.5 Å². The average molecular weight is 307 g/mol. The zero-order valence-corrected chi connectivity index (χ0v) is 11.8. The lowest BCUT2D eigenvalue weighted by molar-refractivity contribution is -0.137. The van der Waals surface area contributed by atoms with Gasteiger partial charge in [0.1, 0.15) is 0 Å². The molecule has 0 spiro atoms. The first kappa shape index (κ1) is 14.1. The first-order valence-electron chi connectivity index (χ1n) is 6.37. The summed E-state index contributed by atoms with van der Waals surface area (Å²) in [5, 5.41) is 1.01. The summed E-state index contributed by atoms with van der Waals surface area (Å²) in [6.07, 6.45) is -4.32. The molecule has 0 saturated carbocycles. The monoisotopic (exact) mass is 307 g/mol. The molecule has 5 heteroatoms. The van der Waals surface area contributed by atoms with E-state index in [-0.39, 0.29) is 0 Å². The highest BCUT2D eigenvalue weighted by atomic mass is 32.1. The molecule has 2 aromatic carbocycles. The number of benzene rings is 2. The van der Waals surface area contributed by atoms with E-state index < -0.39 is 11.7 Å². The summed E-state index contributed by atoms with van der Waals surface area (Å²) in [4.78, 5) is 0.824. The first-order valence-corrected chi connectivity index (χ1v) is 7.19. The standard InChI is InChI=1S/C16H12F3NS/c17-16(18,19)13-3-1-2-11(7-13)15-8-12-6-10(9-20)4-5-14(12)21-15/h1-8H,9,20H2. The van der Waals surface area contributed by atoms with Crippen LogP contribution in [0.3, 0.4) is 0 Å².